The maximum absolute atomic E-state index is 11.6. The highest BCUT2D eigenvalue weighted by molar-refractivity contribution is 5.83. The minimum absolute atomic E-state index is 0.0489. The van der Waals surface area contributed by atoms with Crippen LogP contribution in [0.3, 0.4) is 0 Å². The van der Waals surface area contributed by atoms with Gasteiger partial charge in [-0.2, -0.15) is 0 Å². The molecule has 1 aliphatic heterocycles. The van der Waals surface area contributed by atoms with Crippen LogP contribution in [0.2, 0.25) is 0 Å². The van der Waals surface area contributed by atoms with E-state index in [0.717, 1.165) is 25.9 Å². The van der Waals surface area contributed by atoms with Gasteiger partial charge in [0, 0.05) is 19.4 Å². The molecule has 1 heterocycles. The van der Waals surface area contributed by atoms with Gasteiger partial charge in [0.05, 0.1) is 0 Å². The quantitative estimate of drug-likeness (QED) is 0.496. The SMILES string of the molecule is O=C(CC1CCNCC1)N[C@@H](CCO)C(=O)O. The average Bonchev–Trinajstić information content (AvgIpc) is 2.29. The van der Waals surface area contributed by atoms with Crippen LogP contribution in [0.4, 0.5) is 0 Å². The van der Waals surface area contributed by atoms with Crippen LogP contribution in [0.25, 0.3) is 0 Å². The largest absolute Gasteiger partial charge is 0.480 e. The number of hydrogen-bond acceptors (Lipinski definition) is 4. The van der Waals surface area contributed by atoms with Crippen molar-refractivity contribution in [1.82, 2.24) is 10.6 Å². The molecule has 0 aromatic carbocycles. The fourth-order valence-electron chi connectivity index (χ4n) is 1.99. The van der Waals surface area contributed by atoms with Crippen molar-refractivity contribution in [1.29, 1.82) is 0 Å². The molecular weight excluding hydrogens is 224 g/mol. The van der Waals surface area contributed by atoms with E-state index in [0.29, 0.717) is 12.3 Å². The predicted octanol–water partition coefficient (Wildman–Crippen LogP) is -0.672. The molecule has 0 radical (unpaired) electrons. The normalized spacial score (nSPS) is 18.6. The topological polar surface area (TPSA) is 98.7 Å². The van der Waals surface area contributed by atoms with Crippen molar-refractivity contribution >= 4 is 11.9 Å². The van der Waals surface area contributed by atoms with Crippen LogP contribution in [-0.2, 0) is 9.59 Å². The van der Waals surface area contributed by atoms with Gasteiger partial charge in [0.2, 0.25) is 5.91 Å². The van der Waals surface area contributed by atoms with Crippen molar-refractivity contribution in [2.45, 2.75) is 31.7 Å². The standard InChI is InChI=1S/C11H20N2O4/c14-6-3-9(11(16)17)13-10(15)7-8-1-4-12-5-2-8/h8-9,12,14H,1-7H2,(H,13,15)(H,16,17)/t9-/m0/s1. The van der Waals surface area contributed by atoms with Crippen molar-refractivity contribution < 1.29 is 19.8 Å². The number of carbonyl (C=O) groups excluding carboxylic acids is 1. The lowest BCUT2D eigenvalue weighted by atomic mass is 9.94. The number of nitrogens with one attached hydrogen (secondary N) is 2. The average molecular weight is 244 g/mol. The number of carboxylic acids is 1. The maximum Gasteiger partial charge on any atom is 0.326 e. The van der Waals surface area contributed by atoms with Gasteiger partial charge in [-0.25, -0.2) is 4.79 Å². The highest BCUT2D eigenvalue weighted by atomic mass is 16.4. The molecule has 1 rings (SSSR count). The Morgan fingerprint density at radius 1 is 1.35 bits per heavy atom. The highest BCUT2D eigenvalue weighted by Gasteiger charge is 2.22. The van der Waals surface area contributed by atoms with E-state index in [2.05, 4.69) is 10.6 Å². The first kappa shape index (κ1) is 13.9. The number of piperidine rings is 1. The van der Waals surface area contributed by atoms with E-state index in [9.17, 15) is 9.59 Å². The summed E-state index contributed by atoms with van der Waals surface area (Å²) < 4.78 is 0. The third kappa shape index (κ3) is 5.14. The van der Waals surface area contributed by atoms with Crippen LogP contribution in [-0.4, -0.2) is 47.8 Å². The molecule has 1 amide bonds. The maximum atomic E-state index is 11.6. The summed E-state index contributed by atoms with van der Waals surface area (Å²) in [6.45, 7) is 1.58. The van der Waals surface area contributed by atoms with Crippen LogP contribution in [0.15, 0.2) is 0 Å². The molecular formula is C11H20N2O4. The monoisotopic (exact) mass is 244 g/mol. The van der Waals surface area contributed by atoms with Gasteiger partial charge >= 0.3 is 5.97 Å². The first-order valence-corrected chi connectivity index (χ1v) is 5.97. The molecule has 0 aromatic rings. The van der Waals surface area contributed by atoms with Crippen LogP contribution < -0.4 is 10.6 Å². The summed E-state index contributed by atoms with van der Waals surface area (Å²) in [5, 5.41) is 23.2. The first-order chi connectivity index (χ1) is 8.13. The second-order valence-corrected chi connectivity index (χ2v) is 4.37. The van der Waals surface area contributed by atoms with Gasteiger partial charge in [-0.15, -0.1) is 0 Å². The van der Waals surface area contributed by atoms with E-state index in [4.69, 9.17) is 10.2 Å². The fourth-order valence-corrected chi connectivity index (χ4v) is 1.99. The zero-order valence-corrected chi connectivity index (χ0v) is 9.82. The summed E-state index contributed by atoms with van der Waals surface area (Å²) in [4.78, 5) is 22.4. The van der Waals surface area contributed by atoms with E-state index >= 15 is 0 Å². The number of aliphatic carboxylic acids is 1. The smallest absolute Gasteiger partial charge is 0.326 e. The lowest BCUT2D eigenvalue weighted by Gasteiger charge is -2.22. The highest BCUT2D eigenvalue weighted by Crippen LogP contribution is 2.15. The van der Waals surface area contributed by atoms with Crippen molar-refractivity contribution in [3.63, 3.8) is 0 Å². The van der Waals surface area contributed by atoms with Gasteiger partial charge < -0.3 is 20.8 Å². The third-order valence-electron chi connectivity index (χ3n) is 2.98. The molecule has 1 aliphatic rings. The van der Waals surface area contributed by atoms with Crippen molar-refractivity contribution in [3.05, 3.63) is 0 Å². The number of aliphatic hydroxyl groups is 1. The van der Waals surface area contributed by atoms with Gasteiger partial charge in [0.25, 0.3) is 0 Å². The Kier molecular flexibility index (Phi) is 5.93. The van der Waals surface area contributed by atoms with Gasteiger partial charge in [-0.3, -0.25) is 4.79 Å². The van der Waals surface area contributed by atoms with Gasteiger partial charge in [0.1, 0.15) is 6.04 Å². The number of amides is 1. The number of aliphatic hydroxyl groups excluding tert-OH is 1. The van der Waals surface area contributed by atoms with Crippen molar-refractivity contribution in [2.24, 2.45) is 5.92 Å². The Morgan fingerprint density at radius 2 is 2.00 bits per heavy atom. The van der Waals surface area contributed by atoms with E-state index in [1.807, 2.05) is 0 Å². The van der Waals surface area contributed by atoms with Crippen LogP contribution in [0.5, 0.6) is 0 Å². The van der Waals surface area contributed by atoms with Crippen LogP contribution >= 0.6 is 0 Å². The van der Waals surface area contributed by atoms with Crippen LogP contribution in [0, 0.1) is 5.92 Å². The molecule has 4 N–H and O–H groups in total. The number of rotatable bonds is 6. The number of carbonyl (C=O) groups is 2. The molecule has 6 heteroatoms. The zero-order valence-electron chi connectivity index (χ0n) is 9.82. The zero-order chi connectivity index (χ0) is 12.7. The molecule has 1 atom stereocenters. The van der Waals surface area contributed by atoms with E-state index < -0.39 is 12.0 Å². The molecule has 1 saturated heterocycles. The Labute approximate surface area is 100 Å². The molecule has 1 fully saturated rings. The van der Waals surface area contributed by atoms with Gasteiger partial charge in [-0.1, -0.05) is 0 Å². The number of hydrogen-bond donors (Lipinski definition) is 4. The second-order valence-electron chi connectivity index (χ2n) is 4.37. The third-order valence-corrected chi connectivity index (χ3v) is 2.98. The van der Waals surface area contributed by atoms with Crippen molar-refractivity contribution in [3.8, 4) is 0 Å². The Bertz CT molecular complexity index is 264. The molecule has 17 heavy (non-hydrogen) atoms. The summed E-state index contributed by atoms with van der Waals surface area (Å²) in [6.07, 6.45) is 2.32. The fraction of sp³-hybridized carbons (Fsp3) is 0.818. The Morgan fingerprint density at radius 3 is 2.53 bits per heavy atom. The minimum atomic E-state index is -1.10. The molecule has 0 aromatic heterocycles. The summed E-state index contributed by atoms with van der Waals surface area (Å²) in [6, 6.07) is -0.978. The van der Waals surface area contributed by atoms with Crippen LogP contribution in [0.1, 0.15) is 25.7 Å². The van der Waals surface area contributed by atoms with E-state index in [1.165, 1.54) is 0 Å². The lowest BCUT2D eigenvalue weighted by Crippen LogP contribution is -2.42. The summed E-state index contributed by atoms with van der Waals surface area (Å²) >= 11 is 0. The molecule has 0 aliphatic carbocycles. The molecule has 0 spiro atoms. The first-order valence-electron chi connectivity index (χ1n) is 5.97. The van der Waals surface area contributed by atoms with Gasteiger partial charge in [0.15, 0.2) is 0 Å². The summed E-state index contributed by atoms with van der Waals surface area (Å²) in [5.74, 6) is -1.00. The molecule has 98 valence electrons. The Hall–Kier alpha value is -1.14. The minimum Gasteiger partial charge on any atom is -0.480 e. The second kappa shape index (κ2) is 7.24. The van der Waals surface area contributed by atoms with E-state index in [1.54, 1.807) is 0 Å². The predicted molar refractivity (Wildman–Crippen MR) is 61.5 cm³/mol. The molecule has 0 unspecified atom stereocenters. The summed E-state index contributed by atoms with van der Waals surface area (Å²) in [5.41, 5.74) is 0. The Balaban J connectivity index is 2.33. The van der Waals surface area contributed by atoms with E-state index in [-0.39, 0.29) is 18.9 Å². The summed E-state index contributed by atoms with van der Waals surface area (Å²) in [7, 11) is 0. The number of carboxylic acid groups (broad SMARTS) is 1. The molecule has 0 bridgehead atoms. The lowest BCUT2D eigenvalue weighted by molar-refractivity contribution is -0.142. The molecule has 0 saturated carbocycles. The van der Waals surface area contributed by atoms with Crippen molar-refractivity contribution in [2.75, 3.05) is 19.7 Å². The molecule has 6 nitrogen and oxygen atoms in total. The van der Waals surface area contributed by atoms with Gasteiger partial charge in [-0.05, 0) is 31.8 Å².